The van der Waals surface area contributed by atoms with Gasteiger partial charge in [-0.2, -0.15) is 0 Å². The average molecular weight is 432 g/mol. The number of benzene rings is 1. The molecule has 1 aliphatic rings. The highest BCUT2D eigenvalue weighted by molar-refractivity contribution is 6.77. The summed E-state index contributed by atoms with van der Waals surface area (Å²) in [4.78, 5) is 14.6. The Morgan fingerprint density at radius 2 is 1.73 bits per heavy atom. The van der Waals surface area contributed by atoms with Crippen molar-refractivity contribution in [2.45, 2.75) is 96.8 Å². The molecule has 0 aromatic heterocycles. The first-order chi connectivity index (χ1) is 14.2. The predicted octanol–water partition coefficient (Wildman–Crippen LogP) is 7.27. The number of carbonyl (C=O) groups is 1. The van der Waals surface area contributed by atoms with Gasteiger partial charge in [0.05, 0.1) is 6.04 Å². The first kappa shape index (κ1) is 24.5. The van der Waals surface area contributed by atoms with Crippen LogP contribution in [0, 0.1) is 0 Å². The molecule has 1 aromatic carbocycles. The van der Waals surface area contributed by atoms with E-state index in [1.165, 1.54) is 5.56 Å². The van der Waals surface area contributed by atoms with Crippen LogP contribution in [0.3, 0.4) is 0 Å². The lowest BCUT2D eigenvalue weighted by Gasteiger charge is -2.44. The molecule has 30 heavy (non-hydrogen) atoms. The third-order valence-electron chi connectivity index (χ3n) is 6.38. The van der Waals surface area contributed by atoms with E-state index < -0.39 is 8.32 Å². The minimum atomic E-state index is -2.19. The smallest absolute Gasteiger partial charge is 0.417 e. The summed E-state index contributed by atoms with van der Waals surface area (Å²) in [6.45, 7) is 16.3. The zero-order valence-electron chi connectivity index (χ0n) is 20.0. The molecule has 0 radical (unpaired) electrons. The van der Waals surface area contributed by atoms with E-state index in [1.54, 1.807) is 4.90 Å². The molecule has 5 heteroatoms. The van der Waals surface area contributed by atoms with Gasteiger partial charge in [-0.05, 0) is 47.5 Å². The van der Waals surface area contributed by atoms with Crippen LogP contribution in [0.25, 0.3) is 0 Å². The maximum Gasteiger partial charge on any atom is 0.417 e. The van der Waals surface area contributed by atoms with Crippen molar-refractivity contribution in [3.8, 4) is 0 Å². The van der Waals surface area contributed by atoms with Crippen molar-refractivity contribution in [2.24, 2.45) is 0 Å². The second kappa shape index (κ2) is 11.0. The molecule has 1 saturated heterocycles. The molecule has 168 valence electrons. The van der Waals surface area contributed by atoms with Crippen LogP contribution in [0.1, 0.15) is 73.3 Å². The molecule has 1 aromatic rings. The minimum absolute atomic E-state index is 0.0361. The Balaban J connectivity index is 2.40. The van der Waals surface area contributed by atoms with Crippen LogP contribution in [0.2, 0.25) is 16.6 Å². The standard InChI is InChI=1S/C25H41NO3Si/c1-8-9-11-16-24(29-30(19(2)3,20(4)5)21(6)7)26-23(18-28-25(26)27)17-22-14-12-10-13-15-22/h10,12-16,19-21,23H,8-9,11,17-18H2,1-7H3/t23-/m0/s1. The molecular formula is C25H41NO3Si. The molecule has 4 nitrogen and oxygen atoms in total. The summed E-state index contributed by atoms with van der Waals surface area (Å²) in [7, 11) is -2.19. The Morgan fingerprint density at radius 3 is 2.27 bits per heavy atom. The van der Waals surface area contributed by atoms with Crippen molar-refractivity contribution in [1.29, 1.82) is 0 Å². The molecule has 1 atom stereocenters. The van der Waals surface area contributed by atoms with Gasteiger partial charge in [0.1, 0.15) is 6.61 Å². The molecule has 0 N–H and O–H groups in total. The normalized spacial score (nSPS) is 17.9. The number of ether oxygens (including phenoxy) is 1. The Hall–Kier alpha value is -1.75. The zero-order chi connectivity index (χ0) is 22.3. The van der Waals surface area contributed by atoms with Gasteiger partial charge in [-0.25, -0.2) is 9.69 Å². The predicted molar refractivity (Wildman–Crippen MR) is 127 cm³/mol. The van der Waals surface area contributed by atoms with Gasteiger partial charge < -0.3 is 9.16 Å². The van der Waals surface area contributed by atoms with Gasteiger partial charge in [0, 0.05) is 0 Å². The van der Waals surface area contributed by atoms with Crippen molar-refractivity contribution in [2.75, 3.05) is 6.61 Å². The van der Waals surface area contributed by atoms with Crippen molar-refractivity contribution < 1.29 is 14.0 Å². The summed E-state index contributed by atoms with van der Waals surface area (Å²) in [5, 5.41) is 0. The van der Waals surface area contributed by atoms with Gasteiger partial charge in [-0.3, -0.25) is 0 Å². The van der Waals surface area contributed by atoms with E-state index in [1.807, 2.05) is 18.2 Å². The highest BCUT2D eigenvalue weighted by Gasteiger charge is 2.49. The SMILES string of the molecule is CCCCC=C(O[Si](C(C)C)(C(C)C)C(C)C)N1C(=O)OC[C@@H]1Cc1ccccc1. The topological polar surface area (TPSA) is 38.8 Å². The van der Waals surface area contributed by atoms with E-state index in [0.29, 0.717) is 23.2 Å². The second-order valence-corrected chi connectivity index (χ2v) is 14.8. The average Bonchev–Trinajstić information content (AvgIpc) is 3.04. The van der Waals surface area contributed by atoms with Gasteiger partial charge >= 0.3 is 6.09 Å². The molecule has 0 unspecified atom stereocenters. The third kappa shape index (κ3) is 5.48. The Labute approximate surface area is 184 Å². The quantitative estimate of drug-likeness (QED) is 0.210. The summed E-state index contributed by atoms with van der Waals surface area (Å²) in [5.74, 6) is 0.731. The van der Waals surface area contributed by atoms with E-state index in [4.69, 9.17) is 9.16 Å². The van der Waals surface area contributed by atoms with E-state index in [2.05, 4.69) is 66.7 Å². The lowest BCUT2D eigenvalue weighted by Crippen LogP contribution is -2.50. The molecule has 1 amide bonds. The van der Waals surface area contributed by atoms with Crippen LogP contribution in [0.5, 0.6) is 0 Å². The summed E-state index contributed by atoms with van der Waals surface area (Å²) in [6.07, 6.45) is 5.73. The first-order valence-electron chi connectivity index (χ1n) is 11.6. The fourth-order valence-electron chi connectivity index (χ4n) is 4.92. The molecule has 1 aliphatic heterocycles. The number of hydrogen-bond donors (Lipinski definition) is 0. The number of unbranched alkanes of at least 4 members (excludes halogenated alkanes) is 2. The summed E-state index contributed by atoms with van der Waals surface area (Å²) in [6, 6.07) is 10.3. The second-order valence-electron chi connectivity index (χ2n) is 9.39. The van der Waals surface area contributed by atoms with Gasteiger partial charge in [-0.1, -0.05) is 85.2 Å². The first-order valence-corrected chi connectivity index (χ1v) is 13.8. The van der Waals surface area contributed by atoms with Gasteiger partial charge in [0.2, 0.25) is 0 Å². The Kier molecular flexibility index (Phi) is 9.02. The molecule has 2 rings (SSSR count). The third-order valence-corrected chi connectivity index (χ3v) is 12.4. The van der Waals surface area contributed by atoms with Crippen LogP contribution in [0.15, 0.2) is 42.3 Å². The van der Waals surface area contributed by atoms with Crippen LogP contribution >= 0.6 is 0 Å². The van der Waals surface area contributed by atoms with Crippen LogP contribution < -0.4 is 0 Å². The molecule has 0 bridgehead atoms. The van der Waals surface area contributed by atoms with Gasteiger partial charge in [-0.15, -0.1) is 0 Å². The maximum absolute atomic E-state index is 12.8. The highest BCUT2D eigenvalue weighted by atomic mass is 28.4. The van der Waals surface area contributed by atoms with Crippen molar-refractivity contribution >= 4 is 14.4 Å². The van der Waals surface area contributed by atoms with Crippen LogP contribution in [-0.2, 0) is 15.6 Å². The maximum atomic E-state index is 12.8. The van der Waals surface area contributed by atoms with Crippen molar-refractivity contribution in [3.05, 3.63) is 47.9 Å². The van der Waals surface area contributed by atoms with Gasteiger partial charge in [0.25, 0.3) is 8.32 Å². The number of nitrogens with zero attached hydrogens (tertiary/aromatic N) is 1. The lowest BCUT2D eigenvalue weighted by molar-refractivity contribution is 0.149. The highest BCUT2D eigenvalue weighted by Crippen LogP contribution is 2.44. The fraction of sp³-hybridized carbons (Fsp3) is 0.640. The van der Waals surface area contributed by atoms with Gasteiger partial charge in [0.15, 0.2) is 5.88 Å². The molecule has 0 aliphatic carbocycles. The van der Waals surface area contributed by atoms with E-state index >= 15 is 0 Å². The Bertz CT molecular complexity index is 678. The molecule has 0 saturated carbocycles. The number of allylic oxidation sites excluding steroid dienone is 1. The summed E-state index contributed by atoms with van der Waals surface area (Å²) in [5.41, 5.74) is 2.54. The molecule has 1 heterocycles. The number of carbonyl (C=O) groups excluding carboxylic acids is 1. The van der Waals surface area contributed by atoms with E-state index in [9.17, 15) is 4.79 Å². The lowest BCUT2D eigenvalue weighted by atomic mass is 10.1. The van der Waals surface area contributed by atoms with Crippen LogP contribution in [-0.4, -0.2) is 32.0 Å². The fourth-order valence-corrected chi connectivity index (χ4v) is 10.2. The number of hydrogen-bond acceptors (Lipinski definition) is 3. The number of amides is 1. The van der Waals surface area contributed by atoms with Crippen molar-refractivity contribution in [1.82, 2.24) is 4.90 Å². The van der Waals surface area contributed by atoms with Crippen molar-refractivity contribution in [3.63, 3.8) is 0 Å². The van der Waals surface area contributed by atoms with Crippen LogP contribution in [0.4, 0.5) is 4.79 Å². The van der Waals surface area contributed by atoms with E-state index in [0.717, 1.165) is 31.6 Å². The van der Waals surface area contributed by atoms with E-state index in [-0.39, 0.29) is 12.1 Å². The molecular weight excluding hydrogens is 390 g/mol. The largest absolute Gasteiger partial charge is 0.531 e. The Morgan fingerprint density at radius 1 is 1.13 bits per heavy atom. The summed E-state index contributed by atoms with van der Waals surface area (Å²) >= 11 is 0. The summed E-state index contributed by atoms with van der Waals surface area (Å²) < 4.78 is 12.5. The zero-order valence-corrected chi connectivity index (χ0v) is 21.0. The number of rotatable bonds is 11. The number of cyclic esters (lactones) is 1. The minimum Gasteiger partial charge on any atom is -0.531 e. The molecule has 0 spiro atoms. The molecule has 1 fully saturated rings. The monoisotopic (exact) mass is 431 g/mol.